The van der Waals surface area contributed by atoms with E-state index in [1.54, 1.807) is 24.3 Å². The molecule has 1 atom stereocenters. The second-order valence-electron chi connectivity index (χ2n) is 7.87. The molecule has 0 aliphatic carbocycles. The number of carbonyl (C=O) groups is 2. The molecule has 0 unspecified atom stereocenters. The Bertz CT molecular complexity index is 1190. The number of rotatable bonds is 7. The van der Waals surface area contributed by atoms with Crippen molar-refractivity contribution < 1.29 is 14.0 Å². The standard InChI is InChI=1S/C25H23ClFN3O2S/c1-15-2-4-16(5-3-15)12-28-24(31)17-7-9-21-22(10-17)30-25(32)23(29-21)14-33-13-18-6-8-19(27)11-20(18)26/h2-11,23,29H,12-14H2,1H3,(H,28,31)(H,30,32)/t23-/m0/s1. The Labute approximate surface area is 201 Å². The van der Waals surface area contributed by atoms with Crippen molar-refractivity contribution in [3.8, 4) is 0 Å². The maximum absolute atomic E-state index is 13.2. The van der Waals surface area contributed by atoms with Crippen LogP contribution in [0.2, 0.25) is 5.02 Å². The van der Waals surface area contributed by atoms with Crippen LogP contribution >= 0.6 is 23.4 Å². The number of benzene rings is 3. The summed E-state index contributed by atoms with van der Waals surface area (Å²) in [5, 5.41) is 9.39. The number of hydrogen-bond acceptors (Lipinski definition) is 4. The molecule has 0 saturated carbocycles. The van der Waals surface area contributed by atoms with Gasteiger partial charge < -0.3 is 16.0 Å². The van der Waals surface area contributed by atoms with Crippen LogP contribution in [0.15, 0.2) is 60.7 Å². The quantitative estimate of drug-likeness (QED) is 0.422. The van der Waals surface area contributed by atoms with Crippen molar-refractivity contribution in [1.29, 1.82) is 0 Å². The van der Waals surface area contributed by atoms with Crippen LogP contribution < -0.4 is 16.0 Å². The predicted molar refractivity (Wildman–Crippen MR) is 132 cm³/mol. The highest BCUT2D eigenvalue weighted by Crippen LogP contribution is 2.30. The third kappa shape index (κ3) is 5.86. The Hall–Kier alpha value is -3.03. The average Bonchev–Trinajstić information content (AvgIpc) is 2.80. The highest BCUT2D eigenvalue weighted by atomic mass is 35.5. The molecular weight excluding hydrogens is 461 g/mol. The number of aryl methyl sites for hydroxylation is 1. The van der Waals surface area contributed by atoms with Crippen molar-refractivity contribution in [1.82, 2.24) is 5.32 Å². The van der Waals surface area contributed by atoms with Gasteiger partial charge >= 0.3 is 0 Å². The summed E-state index contributed by atoms with van der Waals surface area (Å²) in [6, 6.07) is 17.1. The number of hydrogen-bond donors (Lipinski definition) is 3. The van der Waals surface area contributed by atoms with Crippen molar-refractivity contribution in [2.75, 3.05) is 16.4 Å². The van der Waals surface area contributed by atoms with Crippen molar-refractivity contribution >= 4 is 46.6 Å². The second-order valence-corrected chi connectivity index (χ2v) is 9.30. The molecule has 1 aliphatic rings. The monoisotopic (exact) mass is 483 g/mol. The molecule has 1 aliphatic heterocycles. The highest BCUT2D eigenvalue weighted by Gasteiger charge is 2.26. The summed E-state index contributed by atoms with van der Waals surface area (Å²) in [6.45, 7) is 2.44. The van der Waals surface area contributed by atoms with Crippen molar-refractivity contribution in [2.24, 2.45) is 0 Å². The van der Waals surface area contributed by atoms with Gasteiger partial charge in [-0.05, 0) is 48.4 Å². The average molecular weight is 484 g/mol. The first-order valence-corrected chi connectivity index (χ1v) is 12.0. The molecule has 0 bridgehead atoms. The minimum atomic E-state index is -0.428. The number of thioether (sulfide) groups is 1. The van der Waals surface area contributed by atoms with E-state index in [4.69, 9.17) is 11.6 Å². The number of nitrogens with one attached hydrogen (secondary N) is 3. The van der Waals surface area contributed by atoms with Gasteiger partial charge in [0.2, 0.25) is 5.91 Å². The van der Waals surface area contributed by atoms with Gasteiger partial charge in [0.05, 0.1) is 11.4 Å². The van der Waals surface area contributed by atoms with Gasteiger partial charge in [-0.1, -0.05) is 47.5 Å². The molecule has 0 aromatic heterocycles. The SMILES string of the molecule is Cc1ccc(CNC(=O)c2ccc3c(c2)NC(=O)[C@H](CSCc2ccc(F)cc2Cl)N3)cc1. The minimum absolute atomic E-state index is 0.169. The van der Waals surface area contributed by atoms with Crippen LogP contribution in [0.3, 0.4) is 0 Å². The molecule has 0 spiro atoms. The second kappa shape index (κ2) is 10.3. The number of anilines is 2. The predicted octanol–water partition coefficient (Wildman–Crippen LogP) is 5.38. The van der Waals surface area contributed by atoms with Gasteiger partial charge in [0, 0.05) is 28.6 Å². The molecule has 0 radical (unpaired) electrons. The molecule has 3 aromatic rings. The fourth-order valence-electron chi connectivity index (χ4n) is 3.42. The molecule has 33 heavy (non-hydrogen) atoms. The summed E-state index contributed by atoms with van der Waals surface area (Å²) >= 11 is 7.60. The van der Waals surface area contributed by atoms with E-state index in [2.05, 4.69) is 16.0 Å². The lowest BCUT2D eigenvalue weighted by Crippen LogP contribution is -2.40. The van der Waals surface area contributed by atoms with E-state index >= 15 is 0 Å². The zero-order chi connectivity index (χ0) is 23.4. The molecule has 5 nitrogen and oxygen atoms in total. The Morgan fingerprint density at radius 3 is 2.64 bits per heavy atom. The van der Waals surface area contributed by atoms with E-state index in [9.17, 15) is 14.0 Å². The summed E-state index contributed by atoms with van der Waals surface area (Å²) in [7, 11) is 0. The third-order valence-corrected chi connectivity index (χ3v) is 6.75. The van der Waals surface area contributed by atoms with Gasteiger partial charge in [-0.25, -0.2) is 4.39 Å². The molecule has 3 aromatic carbocycles. The van der Waals surface area contributed by atoms with Crippen LogP contribution in [0.1, 0.15) is 27.0 Å². The van der Waals surface area contributed by atoms with E-state index < -0.39 is 6.04 Å². The lowest BCUT2D eigenvalue weighted by molar-refractivity contribution is -0.116. The first kappa shape index (κ1) is 23.1. The van der Waals surface area contributed by atoms with Gasteiger partial charge in [-0.15, -0.1) is 0 Å². The molecule has 170 valence electrons. The van der Waals surface area contributed by atoms with Crippen molar-refractivity contribution in [3.05, 3.63) is 93.8 Å². The first-order chi connectivity index (χ1) is 15.9. The Morgan fingerprint density at radius 1 is 1.09 bits per heavy atom. The molecule has 0 saturated heterocycles. The molecule has 2 amide bonds. The number of carbonyl (C=O) groups excluding carboxylic acids is 2. The fraction of sp³-hybridized carbons (Fsp3) is 0.200. The van der Waals surface area contributed by atoms with Gasteiger partial charge in [-0.2, -0.15) is 11.8 Å². The molecular formula is C25H23ClFN3O2S. The van der Waals surface area contributed by atoms with Crippen molar-refractivity contribution in [2.45, 2.75) is 25.3 Å². The summed E-state index contributed by atoms with van der Waals surface area (Å²) < 4.78 is 13.2. The Morgan fingerprint density at radius 2 is 1.88 bits per heavy atom. The summed E-state index contributed by atoms with van der Waals surface area (Å²) in [5.74, 6) is 0.329. The zero-order valence-corrected chi connectivity index (χ0v) is 19.5. The van der Waals surface area contributed by atoms with Crippen LogP contribution in [0.5, 0.6) is 0 Å². The van der Waals surface area contributed by atoms with Crippen LogP contribution in [-0.4, -0.2) is 23.6 Å². The smallest absolute Gasteiger partial charge is 0.251 e. The van der Waals surface area contributed by atoms with E-state index in [-0.39, 0.29) is 17.6 Å². The van der Waals surface area contributed by atoms with Crippen LogP contribution in [0, 0.1) is 12.7 Å². The molecule has 8 heteroatoms. The summed E-state index contributed by atoms with van der Waals surface area (Å²) in [6.07, 6.45) is 0. The number of amides is 2. The fourth-order valence-corrected chi connectivity index (χ4v) is 4.79. The Balaban J connectivity index is 1.33. The lowest BCUT2D eigenvalue weighted by atomic mass is 10.1. The Kier molecular flexibility index (Phi) is 7.20. The largest absolute Gasteiger partial charge is 0.371 e. The van der Waals surface area contributed by atoms with Crippen molar-refractivity contribution in [3.63, 3.8) is 0 Å². The number of fused-ring (bicyclic) bond motifs is 1. The maximum atomic E-state index is 13.2. The third-order valence-electron chi connectivity index (χ3n) is 5.32. The van der Waals surface area contributed by atoms with Gasteiger partial charge in [0.1, 0.15) is 11.9 Å². The van der Waals surface area contributed by atoms with Gasteiger partial charge in [0.15, 0.2) is 0 Å². The molecule has 4 rings (SSSR count). The highest BCUT2D eigenvalue weighted by molar-refractivity contribution is 7.98. The van der Waals surface area contributed by atoms with Crippen LogP contribution in [-0.2, 0) is 17.1 Å². The summed E-state index contributed by atoms with van der Waals surface area (Å²) in [5.41, 5.74) is 4.81. The maximum Gasteiger partial charge on any atom is 0.251 e. The first-order valence-electron chi connectivity index (χ1n) is 10.5. The van der Waals surface area contributed by atoms with E-state index in [0.29, 0.717) is 34.3 Å². The minimum Gasteiger partial charge on any atom is -0.371 e. The zero-order valence-electron chi connectivity index (χ0n) is 18.0. The molecule has 3 N–H and O–H groups in total. The van der Waals surface area contributed by atoms with E-state index in [1.165, 1.54) is 29.5 Å². The topological polar surface area (TPSA) is 70.2 Å². The lowest BCUT2D eigenvalue weighted by Gasteiger charge is -2.27. The van der Waals surface area contributed by atoms with Crippen LogP contribution in [0.25, 0.3) is 0 Å². The van der Waals surface area contributed by atoms with E-state index in [1.807, 2.05) is 31.2 Å². The molecule has 0 fully saturated rings. The molecule has 1 heterocycles. The van der Waals surface area contributed by atoms with Gasteiger partial charge in [-0.3, -0.25) is 9.59 Å². The number of halogens is 2. The van der Waals surface area contributed by atoms with Crippen LogP contribution in [0.4, 0.5) is 15.8 Å². The van der Waals surface area contributed by atoms with Gasteiger partial charge in [0.25, 0.3) is 5.91 Å². The summed E-state index contributed by atoms with van der Waals surface area (Å²) in [4.78, 5) is 25.1. The normalized spacial score (nSPS) is 14.8. The van der Waals surface area contributed by atoms with E-state index in [0.717, 1.165) is 16.8 Å².